The number of nitrogens with zero attached hydrogens (tertiary/aromatic N) is 2. The lowest BCUT2D eigenvalue weighted by Crippen LogP contribution is -2.46. The molecule has 3 rings (SSSR count). The molecule has 1 amide bonds. The van der Waals surface area contributed by atoms with E-state index in [4.69, 9.17) is 9.84 Å². The Bertz CT molecular complexity index is 809. The highest BCUT2D eigenvalue weighted by Crippen LogP contribution is 2.20. The molecule has 0 radical (unpaired) electrons. The van der Waals surface area contributed by atoms with Crippen molar-refractivity contribution in [3.8, 4) is 0 Å². The fourth-order valence-electron chi connectivity index (χ4n) is 2.85. The number of carboxylic acids is 1. The van der Waals surface area contributed by atoms with Crippen molar-refractivity contribution in [3.05, 3.63) is 41.3 Å². The van der Waals surface area contributed by atoms with Crippen molar-refractivity contribution in [1.82, 2.24) is 9.88 Å². The van der Waals surface area contributed by atoms with E-state index in [1.165, 1.54) is 12.1 Å². The normalized spacial score (nSPS) is 17.9. The zero-order valence-corrected chi connectivity index (χ0v) is 13.2. The molecular formula is C17H17FN2O4. The third-order valence-electron chi connectivity index (χ3n) is 4.03. The number of ether oxygens (including phenoxy) is 1. The first-order valence-corrected chi connectivity index (χ1v) is 7.63. The molecule has 1 aliphatic rings. The van der Waals surface area contributed by atoms with Gasteiger partial charge < -0.3 is 14.7 Å². The monoisotopic (exact) mass is 332 g/mol. The fraction of sp³-hybridized carbons (Fsp3) is 0.353. The van der Waals surface area contributed by atoms with Gasteiger partial charge in [-0.25, -0.2) is 4.39 Å². The van der Waals surface area contributed by atoms with Crippen LogP contribution in [0.3, 0.4) is 0 Å². The Balaban J connectivity index is 1.86. The van der Waals surface area contributed by atoms with Crippen LogP contribution in [0, 0.1) is 12.7 Å². The molecule has 2 heterocycles. The summed E-state index contributed by atoms with van der Waals surface area (Å²) in [5, 5.41) is 9.55. The van der Waals surface area contributed by atoms with Gasteiger partial charge in [0.1, 0.15) is 5.82 Å². The van der Waals surface area contributed by atoms with E-state index in [0.717, 1.165) is 0 Å². The number of pyridine rings is 1. The Morgan fingerprint density at radius 1 is 1.42 bits per heavy atom. The lowest BCUT2D eigenvalue weighted by atomic mass is 10.1. The van der Waals surface area contributed by atoms with Crippen LogP contribution in [0.5, 0.6) is 0 Å². The second kappa shape index (κ2) is 6.52. The lowest BCUT2D eigenvalue weighted by Gasteiger charge is -2.32. The number of benzene rings is 1. The number of carboxylic acid groups (broad SMARTS) is 1. The number of aryl methyl sites for hydroxylation is 1. The van der Waals surface area contributed by atoms with Gasteiger partial charge in [0.15, 0.2) is 0 Å². The molecule has 1 fully saturated rings. The van der Waals surface area contributed by atoms with Crippen LogP contribution >= 0.6 is 0 Å². The number of morpholine rings is 1. The predicted molar refractivity (Wildman–Crippen MR) is 84.3 cm³/mol. The van der Waals surface area contributed by atoms with Crippen molar-refractivity contribution in [2.45, 2.75) is 19.4 Å². The Morgan fingerprint density at radius 2 is 2.21 bits per heavy atom. The van der Waals surface area contributed by atoms with E-state index in [9.17, 15) is 14.0 Å². The van der Waals surface area contributed by atoms with Crippen LogP contribution in [0.2, 0.25) is 0 Å². The number of carbonyl (C=O) groups is 2. The van der Waals surface area contributed by atoms with E-state index in [1.54, 1.807) is 24.0 Å². The Hall–Kier alpha value is -2.54. The maximum atomic E-state index is 13.3. The summed E-state index contributed by atoms with van der Waals surface area (Å²) in [4.78, 5) is 29.5. The van der Waals surface area contributed by atoms with Crippen molar-refractivity contribution in [3.63, 3.8) is 0 Å². The van der Waals surface area contributed by atoms with Crippen molar-refractivity contribution in [2.75, 3.05) is 19.7 Å². The third kappa shape index (κ3) is 3.35. The van der Waals surface area contributed by atoms with Crippen LogP contribution in [-0.4, -0.2) is 52.7 Å². The van der Waals surface area contributed by atoms with Crippen molar-refractivity contribution < 1.29 is 23.8 Å². The Morgan fingerprint density at radius 3 is 2.96 bits per heavy atom. The number of hydrogen-bond acceptors (Lipinski definition) is 4. The van der Waals surface area contributed by atoms with Gasteiger partial charge in [-0.1, -0.05) is 0 Å². The van der Waals surface area contributed by atoms with Gasteiger partial charge in [-0.05, 0) is 25.1 Å². The SMILES string of the molecule is Cc1nc2cc(F)ccc2cc1C(=O)N1CCOC(CC(=O)O)C1. The fourth-order valence-corrected chi connectivity index (χ4v) is 2.85. The molecule has 0 aliphatic carbocycles. The Labute approximate surface area is 137 Å². The molecule has 1 aromatic carbocycles. The summed E-state index contributed by atoms with van der Waals surface area (Å²) in [6.45, 7) is 2.63. The van der Waals surface area contributed by atoms with Crippen LogP contribution in [0.4, 0.5) is 4.39 Å². The largest absolute Gasteiger partial charge is 0.481 e. The number of aliphatic carboxylic acids is 1. The standard InChI is InChI=1S/C17H17FN2O4/c1-10-14(6-11-2-3-12(18)7-15(11)19-10)17(23)20-4-5-24-13(9-20)8-16(21)22/h2-3,6-7,13H,4-5,8-9H2,1H3,(H,21,22). The van der Waals surface area contributed by atoms with Gasteiger partial charge in [0.2, 0.25) is 0 Å². The first-order chi connectivity index (χ1) is 11.4. The smallest absolute Gasteiger partial charge is 0.306 e. The minimum Gasteiger partial charge on any atom is -0.481 e. The number of halogens is 1. The van der Waals surface area contributed by atoms with Crippen LogP contribution in [0.25, 0.3) is 10.9 Å². The van der Waals surface area contributed by atoms with Crippen molar-refractivity contribution in [2.24, 2.45) is 0 Å². The topological polar surface area (TPSA) is 79.7 Å². The first kappa shape index (κ1) is 16.3. The summed E-state index contributed by atoms with van der Waals surface area (Å²) in [6, 6.07) is 5.93. The molecule has 24 heavy (non-hydrogen) atoms. The number of rotatable bonds is 3. The summed E-state index contributed by atoms with van der Waals surface area (Å²) in [7, 11) is 0. The van der Waals surface area contributed by atoms with Crippen LogP contribution in [-0.2, 0) is 9.53 Å². The second-order valence-electron chi connectivity index (χ2n) is 5.80. The average Bonchev–Trinajstić information content (AvgIpc) is 2.53. The molecule has 1 N–H and O–H groups in total. The minimum atomic E-state index is -0.958. The van der Waals surface area contributed by atoms with Gasteiger partial charge in [0.25, 0.3) is 5.91 Å². The van der Waals surface area contributed by atoms with Crippen molar-refractivity contribution in [1.29, 1.82) is 0 Å². The number of hydrogen-bond donors (Lipinski definition) is 1. The molecule has 1 unspecified atom stereocenters. The quantitative estimate of drug-likeness (QED) is 0.930. The zero-order valence-electron chi connectivity index (χ0n) is 13.2. The van der Waals surface area contributed by atoms with E-state index in [0.29, 0.717) is 35.3 Å². The van der Waals surface area contributed by atoms with Gasteiger partial charge >= 0.3 is 5.97 Å². The summed E-state index contributed by atoms with van der Waals surface area (Å²) >= 11 is 0. The summed E-state index contributed by atoms with van der Waals surface area (Å²) in [5.41, 5.74) is 1.44. The summed E-state index contributed by atoms with van der Waals surface area (Å²) < 4.78 is 18.7. The first-order valence-electron chi connectivity index (χ1n) is 7.63. The zero-order chi connectivity index (χ0) is 17.3. The number of carbonyl (C=O) groups excluding carboxylic acids is 1. The molecular weight excluding hydrogens is 315 g/mol. The van der Waals surface area contributed by atoms with Crippen molar-refractivity contribution >= 4 is 22.8 Å². The van der Waals surface area contributed by atoms with E-state index in [1.807, 2.05) is 0 Å². The highest BCUT2D eigenvalue weighted by Gasteiger charge is 2.27. The molecule has 1 aromatic heterocycles. The summed E-state index contributed by atoms with van der Waals surface area (Å²) in [5.74, 6) is -1.55. The Kier molecular flexibility index (Phi) is 4.44. The van der Waals surface area contributed by atoms with E-state index < -0.39 is 12.1 Å². The molecule has 2 aromatic rings. The lowest BCUT2D eigenvalue weighted by molar-refractivity contribution is -0.141. The molecule has 1 aliphatic heterocycles. The highest BCUT2D eigenvalue weighted by atomic mass is 19.1. The van der Waals surface area contributed by atoms with E-state index >= 15 is 0 Å². The van der Waals surface area contributed by atoms with Gasteiger partial charge in [-0.2, -0.15) is 0 Å². The molecule has 6 nitrogen and oxygen atoms in total. The molecule has 1 atom stereocenters. The third-order valence-corrected chi connectivity index (χ3v) is 4.03. The molecule has 0 spiro atoms. The van der Waals surface area contributed by atoms with Gasteiger partial charge in [0, 0.05) is 24.5 Å². The second-order valence-corrected chi connectivity index (χ2v) is 5.80. The molecule has 1 saturated heterocycles. The number of amides is 1. The minimum absolute atomic E-state index is 0.141. The van der Waals surface area contributed by atoms with Crippen LogP contribution in [0.1, 0.15) is 22.5 Å². The number of aromatic nitrogens is 1. The van der Waals surface area contributed by atoms with E-state index in [2.05, 4.69) is 4.98 Å². The highest BCUT2D eigenvalue weighted by molar-refractivity contribution is 5.98. The summed E-state index contributed by atoms with van der Waals surface area (Å²) in [6.07, 6.45) is -0.652. The predicted octanol–water partition coefficient (Wildman–Crippen LogP) is 2.00. The molecule has 7 heteroatoms. The van der Waals surface area contributed by atoms with Crippen LogP contribution < -0.4 is 0 Å². The van der Waals surface area contributed by atoms with Gasteiger partial charge in [0.05, 0.1) is 35.9 Å². The van der Waals surface area contributed by atoms with Crippen LogP contribution in [0.15, 0.2) is 24.3 Å². The molecule has 126 valence electrons. The number of fused-ring (bicyclic) bond motifs is 1. The van der Waals surface area contributed by atoms with E-state index in [-0.39, 0.29) is 24.7 Å². The maximum Gasteiger partial charge on any atom is 0.306 e. The molecule has 0 saturated carbocycles. The average molecular weight is 332 g/mol. The van der Waals surface area contributed by atoms with Gasteiger partial charge in [-0.3, -0.25) is 14.6 Å². The van der Waals surface area contributed by atoms with Gasteiger partial charge in [-0.15, -0.1) is 0 Å². The molecule has 0 bridgehead atoms. The maximum absolute atomic E-state index is 13.3.